The molecule has 17 heavy (non-hydrogen) atoms. The maximum Gasteiger partial charge on any atom is 0.128 e. The number of hydrogen-bond acceptors (Lipinski definition) is 4. The fraction of sp³-hybridized carbons (Fsp3) is 0.615. The fourth-order valence-electron chi connectivity index (χ4n) is 2.35. The highest BCUT2D eigenvalue weighted by Crippen LogP contribution is 2.25. The number of nitrogens with zero attached hydrogens (tertiary/aromatic N) is 2. The van der Waals surface area contributed by atoms with Crippen molar-refractivity contribution < 1.29 is 5.11 Å². The fourth-order valence-corrected chi connectivity index (χ4v) is 2.35. The number of aromatic nitrogens is 1. The Morgan fingerprint density at radius 3 is 3.18 bits per heavy atom. The molecule has 4 heteroatoms. The number of rotatable bonds is 4. The summed E-state index contributed by atoms with van der Waals surface area (Å²) in [6.45, 7) is 4.29. The molecule has 1 aromatic rings. The van der Waals surface area contributed by atoms with Crippen LogP contribution in [-0.2, 0) is 0 Å². The number of aliphatic hydroxyl groups is 1. The number of nitrogens with two attached hydrogens (primary N) is 1. The van der Waals surface area contributed by atoms with E-state index in [1.54, 1.807) is 0 Å². The van der Waals surface area contributed by atoms with E-state index in [9.17, 15) is 0 Å². The molecule has 1 aliphatic rings. The number of aliphatic hydroxyl groups excluding tert-OH is 1. The van der Waals surface area contributed by atoms with Crippen molar-refractivity contribution in [2.45, 2.75) is 25.8 Å². The molecule has 0 spiro atoms. The van der Waals surface area contributed by atoms with Gasteiger partial charge in [-0.15, -0.1) is 0 Å². The second-order valence-electron chi connectivity index (χ2n) is 4.85. The smallest absolute Gasteiger partial charge is 0.128 e. The molecule has 4 nitrogen and oxygen atoms in total. The highest BCUT2D eigenvalue weighted by Gasteiger charge is 2.23. The Hall–Kier alpha value is -1.13. The summed E-state index contributed by atoms with van der Waals surface area (Å²) in [6, 6.07) is 4.09. The lowest BCUT2D eigenvalue weighted by Gasteiger charge is -2.18. The van der Waals surface area contributed by atoms with Crippen LogP contribution in [0.25, 0.3) is 0 Å². The summed E-state index contributed by atoms with van der Waals surface area (Å²) in [5, 5.41) is 8.95. The van der Waals surface area contributed by atoms with Crippen molar-refractivity contribution in [2.24, 2.45) is 11.7 Å². The summed E-state index contributed by atoms with van der Waals surface area (Å²) in [5.41, 5.74) is 7.00. The lowest BCUT2D eigenvalue weighted by molar-refractivity contribution is 0.263. The molecule has 94 valence electrons. The van der Waals surface area contributed by atoms with Crippen LogP contribution in [-0.4, -0.2) is 29.8 Å². The van der Waals surface area contributed by atoms with Crippen molar-refractivity contribution >= 4 is 5.82 Å². The van der Waals surface area contributed by atoms with Gasteiger partial charge in [0.25, 0.3) is 0 Å². The zero-order valence-corrected chi connectivity index (χ0v) is 10.3. The van der Waals surface area contributed by atoms with Gasteiger partial charge >= 0.3 is 0 Å². The van der Waals surface area contributed by atoms with Gasteiger partial charge in [0.05, 0.1) is 0 Å². The van der Waals surface area contributed by atoms with Crippen molar-refractivity contribution in [1.82, 2.24) is 4.98 Å². The van der Waals surface area contributed by atoms with Gasteiger partial charge in [-0.25, -0.2) is 4.98 Å². The predicted molar refractivity (Wildman–Crippen MR) is 68.9 cm³/mol. The Kier molecular flexibility index (Phi) is 3.97. The van der Waals surface area contributed by atoms with Crippen LogP contribution >= 0.6 is 0 Å². The third-order valence-electron chi connectivity index (χ3n) is 3.44. The third-order valence-corrected chi connectivity index (χ3v) is 3.44. The third kappa shape index (κ3) is 2.96. The van der Waals surface area contributed by atoms with Crippen LogP contribution in [0.2, 0.25) is 0 Å². The molecule has 1 aromatic heterocycles. The van der Waals surface area contributed by atoms with E-state index in [1.165, 1.54) is 0 Å². The molecule has 1 saturated heterocycles. The first kappa shape index (κ1) is 12.3. The summed E-state index contributed by atoms with van der Waals surface area (Å²) in [7, 11) is 0. The lowest BCUT2D eigenvalue weighted by atomic mass is 10.1. The van der Waals surface area contributed by atoms with Gasteiger partial charge in [-0.1, -0.05) is 0 Å². The molecule has 0 aliphatic carbocycles. The molecule has 0 bridgehead atoms. The SMILES string of the molecule is C[C@@H](N)c1ccnc(N2CCC(CCO)C2)c1. The molecule has 2 atom stereocenters. The molecule has 0 amide bonds. The van der Waals surface area contributed by atoms with Crippen LogP contribution in [0.5, 0.6) is 0 Å². The van der Waals surface area contributed by atoms with E-state index in [-0.39, 0.29) is 12.6 Å². The summed E-state index contributed by atoms with van der Waals surface area (Å²) < 4.78 is 0. The van der Waals surface area contributed by atoms with Crippen LogP contribution in [0, 0.1) is 5.92 Å². The van der Waals surface area contributed by atoms with Gasteiger partial charge < -0.3 is 15.7 Å². The molecular weight excluding hydrogens is 214 g/mol. The van der Waals surface area contributed by atoms with Crippen molar-refractivity contribution in [1.29, 1.82) is 0 Å². The summed E-state index contributed by atoms with van der Waals surface area (Å²) >= 11 is 0. The Balaban J connectivity index is 2.05. The van der Waals surface area contributed by atoms with E-state index < -0.39 is 0 Å². The molecule has 0 aromatic carbocycles. The van der Waals surface area contributed by atoms with Crippen LogP contribution in [0.15, 0.2) is 18.3 Å². The Morgan fingerprint density at radius 2 is 2.47 bits per heavy atom. The molecule has 1 unspecified atom stereocenters. The van der Waals surface area contributed by atoms with Crippen LogP contribution in [0.3, 0.4) is 0 Å². The minimum absolute atomic E-state index is 0.0487. The normalized spacial score (nSPS) is 21.8. The lowest BCUT2D eigenvalue weighted by Crippen LogP contribution is -2.21. The van der Waals surface area contributed by atoms with Crippen LogP contribution in [0.1, 0.15) is 31.4 Å². The molecule has 0 saturated carbocycles. The van der Waals surface area contributed by atoms with Crippen molar-refractivity contribution in [3.63, 3.8) is 0 Å². The first-order valence-corrected chi connectivity index (χ1v) is 6.28. The van der Waals surface area contributed by atoms with Gasteiger partial charge in [0, 0.05) is 31.9 Å². The molecule has 0 radical (unpaired) electrons. The average molecular weight is 235 g/mol. The number of hydrogen-bond donors (Lipinski definition) is 2. The van der Waals surface area contributed by atoms with Crippen molar-refractivity contribution in [3.8, 4) is 0 Å². The maximum atomic E-state index is 8.95. The van der Waals surface area contributed by atoms with Gasteiger partial charge in [0.1, 0.15) is 5.82 Å². The van der Waals surface area contributed by atoms with Gasteiger partial charge in [-0.05, 0) is 43.4 Å². The van der Waals surface area contributed by atoms with E-state index in [4.69, 9.17) is 10.8 Å². The Bertz CT molecular complexity index is 367. The zero-order valence-electron chi connectivity index (χ0n) is 10.3. The first-order chi connectivity index (χ1) is 8.20. The maximum absolute atomic E-state index is 8.95. The quantitative estimate of drug-likeness (QED) is 0.826. The minimum Gasteiger partial charge on any atom is -0.396 e. The molecule has 1 aliphatic heterocycles. The van der Waals surface area contributed by atoms with E-state index in [2.05, 4.69) is 16.0 Å². The van der Waals surface area contributed by atoms with E-state index >= 15 is 0 Å². The standard InChI is InChI=1S/C13H21N3O/c1-10(14)12-2-5-15-13(8-12)16-6-3-11(9-16)4-7-17/h2,5,8,10-11,17H,3-4,6-7,9,14H2,1H3/t10-,11?/m1/s1. The second-order valence-corrected chi connectivity index (χ2v) is 4.85. The van der Waals surface area contributed by atoms with Crippen LogP contribution in [0.4, 0.5) is 5.82 Å². The van der Waals surface area contributed by atoms with Gasteiger partial charge in [0.2, 0.25) is 0 Å². The molecule has 1 fully saturated rings. The number of anilines is 1. The largest absolute Gasteiger partial charge is 0.396 e. The predicted octanol–water partition coefficient (Wildman–Crippen LogP) is 1.31. The Morgan fingerprint density at radius 1 is 1.65 bits per heavy atom. The Labute approximate surface area is 102 Å². The zero-order chi connectivity index (χ0) is 12.3. The summed E-state index contributed by atoms with van der Waals surface area (Å²) in [5.74, 6) is 1.61. The van der Waals surface area contributed by atoms with E-state index in [1.807, 2.05) is 19.2 Å². The van der Waals surface area contributed by atoms with E-state index in [0.29, 0.717) is 5.92 Å². The van der Waals surface area contributed by atoms with Crippen molar-refractivity contribution in [2.75, 3.05) is 24.6 Å². The minimum atomic E-state index is 0.0487. The van der Waals surface area contributed by atoms with Gasteiger partial charge in [0.15, 0.2) is 0 Å². The summed E-state index contributed by atoms with van der Waals surface area (Å²) in [4.78, 5) is 6.69. The van der Waals surface area contributed by atoms with Crippen molar-refractivity contribution in [3.05, 3.63) is 23.9 Å². The average Bonchev–Trinajstić information content (AvgIpc) is 2.78. The molecule has 3 N–H and O–H groups in total. The highest BCUT2D eigenvalue weighted by molar-refractivity contribution is 5.42. The highest BCUT2D eigenvalue weighted by atomic mass is 16.3. The molecular formula is C13H21N3O. The monoisotopic (exact) mass is 235 g/mol. The van der Waals surface area contributed by atoms with Crippen LogP contribution < -0.4 is 10.6 Å². The van der Waals surface area contributed by atoms with Gasteiger partial charge in [-0.2, -0.15) is 0 Å². The first-order valence-electron chi connectivity index (χ1n) is 6.28. The number of pyridine rings is 1. The summed E-state index contributed by atoms with van der Waals surface area (Å²) in [6.07, 6.45) is 3.86. The van der Waals surface area contributed by atoms with E-state index in [0.717, 1.165) is 37.3 Å². The molecule has 2 rings (SSSR count). The van der Waals surface area contributed by atoms with Gasteiger partial charge in [-0.3, -0.25) is 0 Å². The topological polar surface area (TPSA) is 62.4 Å². The second kappa shape index (κ2) is 5.47. The molecule has 2 heterocycles.